The summed E-state index contributed by atoms with van der Waals surface area (Å²) in [4.78, 5) is 0. The fraction of sp³-hybridized carbons (Fsp3) is 0.250. The number of halogens is 3. The van der Waals surface area contributed by atoms with Crippen LogP contribution in [0.15, 0.2) is 18.2 Å². The lowest BCUT2D eigenvalue weighted by Crippen LogP contribution is -2.06. The van der Waals surface area contributed by atoms with Crippen LogP contribution < -0.4 is 5.73 Å². The van der Waals surface area contributed by atoms with Crippen LogP contribution in [0.25, 0.3) is 0 Å². The van der Waals surface area contributed by atoms with Gasteiger partial charge in [-0.05, 0) is 23.8 Å². The lowest BCUT2D eigenvalue weighted by molar-refractivity contribution is -0.137. The maximum atomic E-state index is 12.2. The smallest absolute Gasteiger partial charge is 0.398 e. The number of nitrogen functional groups attached to an aromatic ring is 1. The Morgan fingerprint density at radius 3 is 2.38 bits per heavy atom. The Bertz CT molecular complexity index is 309. The van der Waals surface area contributed by atoms with Crippen LogP contribution in [0.5, 0.6) is 0 Å². The molecule has 0 fully saturated rings. The molecule has 1 aromatic rings. The highest BCUT2D eigenvalue weighted by Crippen LogP contribution is 2.31. The zero-order valence-corrected chi connectivity index (χ0v) is 7.49. The molecule has 0 unspecified atom stereocenters. The van der Waals surface area contributed by atoms with E-state index < -0.39 is 11.7 Å². The van der Waals surface area contributed by atoms with Gasteiger partial charge in [0.05, 0.1) is 5.56 Å². The fourth-order valence-electron chi connectivity index (χ4n) is 0.919. The summed E-state index contributed by atoms with van der Waals surface area (Å²) in [6, 6.07) is 3.22. The van der Waals surface area contributed by atoms with E-state index in [0.29, 0.717) is 11.3 Å². The van der Waals surface area contributed by atoms with E-state index in [9.17, 15) is 13.2 Å². The summed E-state index contributed by atoms with van der Waals surface area (Å²) >= 11 is 3.88. The van der Waals surface area contributed by atoms with Gasteiger partial charge in [0.2, 0.25) is 0 Å². The van der Waals surface area contributed by atoms with Gasteiger partial charge in [-0.25, -0.2) is 0 Å². The van der Waals surface area contributed by atoms with Crippen LogP contribution in [0, 0.1) is 0 Å². The fourth-order valence-corrected chi connectivity index (χ4v) is 1.19. The summed E-state index contributed by atoms with van der Waals surface area (Å²) < 4.78 is 36.5. The number of benzene rings is 1. The summed E-state index contributed by atoms with van der Waals surface area (Å²) in [5.41, 5.74) is 5.48. The molecule has 0 atom stereocenters. The Labute approximate surface area is 79.2 Å². The molecule has 0 bridgehead atoms. The van der Waals surface area contributed by atoms with E-state index in [1.54, 1.807) is 0 Å². The summed E-state index contributed by atoms with van der Waals surface area (Å²) in [5.74, 6) is 0.204. The topological polar surface area (TPSA) is 26.0 Å². The van der Waals surface area contributed by atoms with Gasteiger partial charge in [-0.2, -0.15) is 25.8 Å². The Balaban J connectivity index is 3.14. The van der Waals surface area contributed by atoms with Crippen molar-refractivity contribution in [2.24, 2.45) is 0 Å². The van der Waals surface area contributed by atoms with E-state index in [4.69, 9.17) is 5.73 Å². The summed E-state index contributed by atoms with van der Waals surface area (Å²) in [6.45, 7) is 0. The van der Waals surface area contributed by atoms with Gasteiger partial charge >= 0.3 is 6.18 Å². The zero-order valence-electron chi connectivity index (χ0n) is 6.60. The average molecular weight is 207 g/mol. The molecule has 0 spiro atoms. The molecule has 0 aliphatic carbocycles. The van der Waals surface area contributed by atoms with Crippen molar-refractivity contribution in [3.05, 3.63) is 29.3 Å². The van der Waals surface area contributed by atoms with Crippen LogP contribution in [0.1, 0.15) is 11.1 Å². The van der Waals surface area contributed by atoms with Gasteiger partial charge in [-0.3, -0.25) is 0 Å². The second-order valence-electron chi connectivity index (χ2n) is 2.57. The Hall–Kier alpha value is -0.840. The molecule has 0 heterocycles. The first-order valence-electron chi connectivity index (χ1n) is 3.51. The van der Waals surface area contributed by atoms with Gasteiger partial charge in [-0.15, -0.1) is 0 Å². The van der Waals surface area contributed by atoms with Crippen molar-refractivity contribution >= 4 is 18.3 Å². The van der Waals surface area contributed by atoms with E-state index in [1.807, 2.05) is 0 Å². The predicted molar refractivity (Wildman–Crippen MR) is 48.5 cm³/mol. The summed E-state index contributed by atoms with van der Waals surface area (Å²) in [5, 5.41) is 0. The maximum absolute atomic E-state index is 12.2. The molecule has 1 aromatic carbocycles. The summed E-state index contributed by atoms with van der Waals surface area (Å²) in [6.07, 6.45) is -4.31. The minimum absolute atomic E-state index is 0.204. The molecule has 0 saturated heterocycles. The van der Waals surface area contributed by atoms with Crippen molar-refractivity contribution in [2.75, 3.05) is 5.73 Å². The van der Waals surface area contributed by atoms with Crippen LogP contribution in [0.2, 0.25) is 0 Å². The third kappa shape index (κ3) is 2.30. The molecule has 0 aliphatic heterocycles. The second kappa shape index (κ2) is 3.49. The molecule has 0 amide bonds. The van der Waals surface area contributed by atoms with Crippen molar-refractivity contribution in [2.45, 2.75) is 11.9 Å². The Morgan fingerprint density at radius 2 is 1.92 bits per heavy atom. The molecule has 5 heteroatoms. The molecule has 1 nitrogen and oxygen atoms in total. The standard InChI is InChI=1S/C8H8F3NS/c9-8(10,11)6-1-2-7(12)5(3-6)4-13/h1-3,13H,4,12H2. The Kier molecular flexibility index (Phi) is 2.75. The highest BCUT2D eigenvalue weighted by atomic mass is 32.1. The third-order valence-electron chi connectivity index (χ3n) is 1.64. The molecule has 0 radical (unpaired) electrons. The summed E-state index contributed by atoms with van der Waals surface area (Å²) in [7, 11) is 0. The van der Waals surface area contributed by atoms with E-state index >= 15 is 0 Å². The van der Waals surface area contributed by atoms with Crippen molar-refractivity contribution in [1.29, 1.82) is 0 Å². The van der Waals surface area contributed by atoms with Crippen LogP contribution in [-0.4, -0.2) is 0 Å². The largest absolute Gasteiger partial charge is 0.416 e. The van der Waals surface area contributed by atoms with E-state index in [-0.39, 0.29) is 5.75 Å². The van der Waals surface area contributed by atoms with Crippen molar-refractivity contribution in [1.82, 2.24) is 0 Å². The molecule has 2 N–H and O–H groups in total. The van der Waals surface area contributed by atoms with Crippen LogP contribution >= 0.6 is 12.6 Å². The third-order valence-corrected chi connectivity index (χ3v) is 1.98. The highest BCUT2D eigenvalue weighted by molar-refractivity contribution is 7.79. The van der Waals surface area contributed by atoms with Gasteiger partial charge in [0.1, 0.15) is 0 Å². The maximum Gasteiger partial charge on any atom is 0.416 e. The normalized spacial score (nSPS) is 11.7. The lowest BCUT2D eigenvalue weighted by Gasteiger charge is -2.09. The first-order chi connectivity index (χ1) is 5.95. The number of anilines is 1. The molecule has 0 saturated carbocycles. The van der Waals surface area contributed by atoms with Crippen molar-refractivity contribution in [3.63, 3.8) is 0 Å². The number of rotatable bonds is 1. The molecule has 0 aliphatic rings. The number of thiol groups is 1. The molecule has 1 rings (SSSR count). The first-order valence-corrected chi connectivity index (χ1v) is 4.15. The van der Waals surface area contributed by atoms with Crippen LogP contribution in [0.4, 0.5) is 18.9 Å². The van der Waals surface area contributed by atoms with Crippen molar-refractivity contribution in [3.8, 4) is 0 Å². The zero-order chi connectivity index (χ0) is 10.1. The Morgan fingerprint density at radius 1 is 1.31 bits per heavy atom. The van der Waals surface area contributed by atoms with Crippen molar-refractivity contribution < 1.29 is 13.2 Å². The van der Waals surface area contributed by atoms with Gasteiger partial charge in [0, 0.05) is 11.4 Å². The second-order valence-corrected chi connectivity index (χ2v) is 2.89. The minimum Gasteiger partial charge on any atom is -0.398 e. The van der Waals surface area contributed by atoms with E-state index in [0.717, 1.165) is 12.1 Å². The number of nitrogens with two attached hydrogens (primary N) is 1. The van der Waals surface area contributed by atoms with Crippen LogP contribution in [0.3, 0.4) is 0 Å². The SMILES string of the molecule is Nc1ccc(C(F)(F)F)cc1CS. The minimum atomic E-state index is -4.31. The molecule has 0 aromatic heterocycles. The van der Waals surface area contributed by atoms with Crippen LogP contribution in [-0.2, 0) is 11.9 Å². The molecular formula is C8H8F3NS. The van der Waals surface area contributed by atoms with Gasteiger partial charge in [0.25, 0.3) is 0 Å². The monoisotopic (exact) mass is 207 g/mol. The quantitative estimate of drug-likeness (QED) is 0.537. The molecule has 13 heavy (non-hydrogen) atoms. The average Bonchev–Trinajstić information content (AvgIpc) is 2.03. The first kappa shape index (κ1) is 10.2. The van der Waals surface area contributed by atoms with E-state index in [2.05, 4.69) is 12.6 Å². The number of hydrogen-bond donors (Lipinski definition) is 2. The van der Waals surface area contributed by atoms with Gasteiger partial charge in [0.15, 0.2) is 0 Å². The number of alkyl halides is 3. The molecular weight excluding hydrogens is 199 g/mol. The lowest BCUT2D eigenvalue weighted by atomic mass is 10.1. The molecule has 72 valence electrons. The van der Waals surface area contributed by atoms with E-state index in [1.165, 1.54) is 6.07 Å². The number of hydrogen-bond acceptors (Lipinski definition) is 2. The van der Waals surface area contributed by atoms with Gasteiger partial charge in [-0.1, -0.05) is 0 Å². The highest BCUT2D eigenvalue weighted by Gasteiger charge is 2.30. The predicted octanol–water partition coefficient (Wildman–Crippen LogP) is 2.72. The van der Waals surface area contributed by atoms with Gasteiger partial charge < -0.3 is 5.73 Å².